The van der Waals surface area contributed by atoms with E-state index in [-0.39, 0.29) is 13.0 Å². The van der Waals surface area contributed by atoms with Crippen LogP contribution in [-0.2, 0) is 9.63 Å². The quantitative estimate of drug-likeness (QED) is 0.656. The lowest BCUT2D eigenvalue weighted by molar-refractivity contribution is -0.275. The fraction of sp³-hybridized carbons (Fsp3) is 0.833. The van der Waals surface area contributed by atoms with Gasteiger partial charge in [0.25, 0.3) is 6.43 Å². The molecular weight excluding hydrogens is 213 g/mol. The van der Waals surface area contributed by atoms with Crippen LogP contribution in [0.2, 0.25) is 0 Å². The van der Waals surface area contributed by atoms with Crippen molar-refractivity contribution in [2.45, 2.75) is 25.1 Å². The Morgan fingerprint density at radius 3 is 2.29 bits per heavy atom. The van der Waals surface area contributed by atoms with Crippen LogP contribution < -0.4 is 0 Å². The van der Waals surface area contributed by atoms with Crippen molar-refractivity contribution in [3.05, 3.63) is 0 Å². The molecule has 1 aliphatic heterocycles. The van der Waals surface area contributed by atoms with Crippen molar-refractivity contribution in [1.82, 2.24) is 5.06 Å². The maximum absolute atomic E-state index is 12.0. The Kier molecular flexibility index (Phi) is 2.93. The number of rotatable bonds is 2. The maximum Gasteiger partial charge on any atom is 0.492 e. The van der Waals surface area contributed by atoms with Gasteiger partial charge in [-0.2, -0.15) is 13.2 Å². The molecular formula is C6H6F5NO2. The van der Waals surface area contributed by atoms with Gasteiger partial charge >= 0.3 is 12.1 Å². The lowest BCUT2D eigenvalue weighted by atomic mass is 10.1. The molecule has 1 saturated heterocycles. The van der Waals surface area contributed by atoms with E-state index in [0.717, 1.165) is 0 Å². The van der Waals surface area contributed by atoms with E-state index >= 15 is 0 Å². The molecule has 8 heteroatoms. The summed E-state index contributed by atoms with van der Waals surface area (Å²) in [7, 11) is 0. The lowest BCUT2D eigenvalue weighted by Gasteiger charge is -2.37. The molecule has 1 fully saturated rings. The van der Waals surface area contributed by atoms with Crippen molar-refractivity contribution in [2.24, 2.45) is 0 Å². The van der Waals surface area contributed by atoms with Gasteiger partial charge in [0, 0.05) is 6.54 Å². The number of halogens is 5. The highest BCUT2D eigenvalue weighted by Gasteiger charge is 2.46. The third-order valence-corrected chi connectivity index (χ3v) is 1.74. The highest BCUT2D eigenvalue weighted by molar-refractivity contribution is 5.75. The normalized spacial score (nSPS) is 23.4. The van der Waals surface area contributed by atoms with Gasteiger partial charge in [-0.25, -0.2) is 13.6 Å². The lowest BCUT2D eigenvalue weighted by Crippen LogP contribution is -2.53. The molecule has 0 aliphatic carbocycles. The van der Waals surface area contributed by atoms with Crippen molar-refractivity contribution in [2.75, 3.05) is 6.54 Å². The first-order chi connectivity index (χ1) is 6.32. The van der Waals surface area contributed by atoms with Crippen molar-refractivity contribution < 1.29 is 31.6 Å². The van der Waals surface area contributed by atoms with E-state index < -0.39 is 24.6 Å². The fourth-order valence-electron chi connectivity index (χ4n) is 0.907. The second-order valence-electron chi connectivity index (χ2n) is 2.71. The fourth-order valence-corrected chi connectivity index (χ4v) is 0.907. The molecule has 0 aromatic rings. The Morgan fingerprint density at radius 2 is 2.00 bits per heavy atom. The summed E-state index contributed by atoms with van der Waals surface area (Å²) < 4.78 is 58.8. The third kappa shape index (κ3) is 2.31. The van der Waals surface area contributed by atoms with Crippen LogP contribution in [-0.4, -0.2) is 36.2 Å². The predicted molar refractivity (Wildman–Crippen MR) is 33.3 cm³/mol. The number of hydrogen-bond donors (Lipinski definition) is 0. The molecule has 0 spiro atoms. The third-order valence-electron chi connectivity index (χ3n) is 1.74. The van der Waals surface area contributed by atoms with Gasteiger partial charge in [0.05, 0.1) is 0 Å². The number of alkyl halides is 5. The molecule has 1 aliphatic rings. The van der Waals surface area contributed by atoms with Crippen LogP contribution in [0.15, 0.2) is 0 Å². The van der Waals surface area contributed by atoms with Gasteiger partial charge in [-0.05, 0) is 6.42 Å². The second-order valence-corrected chi connectivity index (χ2v) is 2.71. The summed E-state index contributed by atoms with van der Waals surface area (Å²) in [5, 5.41) is 0.348. The summed E-state index contributed by atoms with van der Waals surface area (Å²) in [6.45, 7) is -0.100. The standard InChI is InChI=1S/C6H6F5NO2/c7-4(8)3-1-2-12(3)14-5(13)6(9,10)11/h3-4H,1-2H2. The van der Waals surface area contributed by atoms with Crippen LogP contribution >= 0.6 is 0 Å². The highest BCUT2D eigenvalue weighted by Crippen LogP contribution is 2.26. The zero-order valence-electron chi connectivity index (χ0n) is 6.72. The van der Waals surface area contributed by atoms with Gasteiger partial charge in [0.15, 0.2) is 0 Å². The molecule has 1 unspecified atom stereocenters. The average Bonchev–Trinajstić information content (AvgIpc) is 1.94. The molecule has 1 heterocycles. The Morgan fingerprint density at radius 1 is 1.43 bits per heavy atom. The molecule has 1 rings (SSSR count). The van der Waals surface area contributed by atoms with Gasteiger partial charge in [-0.3, -0.25) is 0 Å². The molecule has 82 valence electrons. The van der Waals surface area contributed by atoms with Crippen LogP contribution in [0.5, 0.6) is 0 Å². The number of carbonyl (C=O) groups excluding carboxylic acids is 1. The van der Waals surface area contributed by atoms with Gasteiger partial charge in [-0.15, -0.1) is 5.06 Å². The van der Waals surface area contributed by atoms with E-state index in [1.807, 2.05) is 0 Å². The minimum absolute atomic E-state index is 0.0167. The first-order valence-corrected chi connectivity index (χ1v) is 3.66. The predicted octanol–water partition coefficient (Wildman–Crippen LogP) is 1.35. The summed E-state index contributed by atoms with van der Waals surface area (Å²) in [4.78, 5) is 13.9. The first kappa shape index (κ1) is 11.2. The Bertz CT molecular complexity index is 229. The zero-order chi connectivity index (χ0) is 10.9. The highest BCUT2D eigenvalue weighted by atomic mass is 19.4. The van der Waals surface area contributed by atoms with Crippen LogP contribution in [0.3, 0.4) is 0 Å². The van der Waals surface area contributed by atoms with Gasteiger partial charge < -0.3 is 4.84 Å². The van der Waals surface area contributed by atoms with E-state index in [0.29, 0.717) is 5.06 Å². The van der Waals surface area contributed by atoms with Crippen molar-refractivity contribution in [3.63, 3.8) is 0 Å². The van der Waals surface area contributed by atoms with Crippen molar-refractivity contribution >= 4 is 5.97 Å². The molecule has 1 atom stereocenters. The number of hydroxylamine groups is 2. The summed E-state index contributed by atoms with van der Waals surface area (Å²) in [5.41, 5.74) is 0. The molecule has 0 amide bonds. The van der Waals surface area contributed by atoms with E-state index in [1.165, 1.54) is 0 Å². The molecule has 0 aromatic heterocycles. The molecule has 0 saturated carbocycles. The summed E-state index contributed by atoms with van der Waals surface area (Å²) in [5.74, 6) is -2.47. The second kappa shape index (κ2) is 3.68. The Hall–Kier alpha value is -0.920. The maximum atomic E-state index is 12.0. The minimum atomic E-state index is -5.15. The van der Waals surface area contributed by atoms with E-state index in [4.69, 9.17) is 0 Å². The summed E-state index contributed by atoms with van der Waals surface area (Å²) >= 11 is 0. The summed E-state index contributed by atoms with van der Waals surface area (Å²) in [6, 6.07) is -1.42. The smallest absolute Gasteiger partial charge is 0.360 e. The van der Waals surface area contributed by atoms with Crippen molar-refractivity contribution in [1.29, 1.82) is 0 Å². The molecule has 0 aromatic carbocycles. The van der Waals surface area contributed by atoms with E-state index in [9.17, 15) is 26.7 Å². The molecule has 3 nitrogen and oxygen atoms in total. The van der Waals surface area contributed by atoms with Crippen LogP contribution in [0, 0.1) is 0 Å². The molecule has 0 N–H and O–H groups in total. The number of nitrogens with zero attached hydrogens (tertiary/aromatic N) is 1. The number of carbonyl (C=O) groups is 1. The van der Waals surface area contributed by atoms with Gasteiger partial charge in [0.2, 0.25) is 0 Å². The Labute approximate surface area is 75.4 Å². The van der Waals surface area contributed by atoms with Gasteiger partial charge in [-0.1, -0.05) is 0 Å². The van der Waals surface area contributed by atoms with Crippen LogP contribution in [0.25, 0.3) is 0 Å². The van der Waals surface area contributed by atoms with E-state index in [1.54, 1.807) is 0 Å². The SMILES string of the molecule is O=C(ON1CCC1C(F)F)C(F)(F)F. The summed E-state index contributed by atoms with van der Waals surface area (Å²) in [6.07, 6.45) is -7.95. The number of hydrogen-bond acceptors (Lipinski definition) is 3. The molecule has 14 heavy (non-hydrogen) atoms. The minimum Gasteiger partial charge on any atom is -0.360 e. The molecule has 0 bridgehead atoms. The van der Waals surface area contributed by atoms with Gasteiger partial charge in [0.1, 0.15) is 6.04 Å². The topological polar surface area (TPSA) is 29.5 Å². The largest absolute Gasteiger partial charge is 0.492 e. The van der Waals surface area contributed by atoms with E-state index in [2.05, 4.69) is 4.84 Å². The zero-order valence-corrected chi connectivity index (χ0v) is 6.72. The van der Waals surface area contributed by atoms with Crippen molar-refractivity contribution in [3.8, 4) is 0 Å². The Balaban J connectivity index is 2.43. The average molecular weight is 219 g/mol. The first-order valence-electron chi connectivity index (χ1n) is 3.66. The monoisotopic (exact) mass is 219 g/mol. The van der Waals surface area contributed by atoms with Crippen LogP contribution in [0.1, 0.15) is 6.42 Å². The molecule has 0 radical (unpaired) electrons. The van der Waals surface area contributed by atoms with Crippen LogP contribution in [0.4, 0.5) is 22.0 Å².